The average Bonchev–Trinajstić information content (AvgIpc) is 2.90. The Balaban J connectivity index is 2.10. The Labute approximate surface area is 107 Å². The van der Waals surface area contributed by atoms with Crippen LogP contribution >= 0.6 is 0 Å². The summed E-state index contributed by atoms with van der Waals surface area (Å²) in [6.07, 6.45) is 0.868. The second-order valence-electron chi connectivity index (χ2n) is 4.84. The third-order valence-corrected chi connectivity index (χ3v) is 3.69. The summed E-state index contributed by atoms with van der Waals surface area (Å²) in [5, 5.41) is 3.18. The highest BCUT2D eigenvalue weighted by Crippen LogP contribution is 2.24. The molecular weight excluding hydrogens is 231 g/mol. The molecule has 1 N–H and O–H groups in total. The first-order valence-corrected chi connectivity index (χ1v) is 6.33. The van der Waals surface area contributed by atoms with Gasteiger partial charge in [0, 0.05) is 19.2 Å². The molecule has 18 heavy (non-hydrogen) atoms. The molecule has 0 aromatic heterocycles. The molecule has 0 unspecified atom stereocenters. The molecule has 1 aromatic carbocycles. The summed E-state index contributed by atoms with van der Waals surface area (Å²) in [6.45, 7) is 3.48. The fourth-order valence-corrected chi connectivity index (χ4v) is 2.37. The maximum absolute atomic E-state index is 13.7. The lowest BCUT2D eigenvalue weighted by Gasteiger charge is -2.28. The third-order valence-electron chi connectivity index (χ3n) is 3.69. The third kappa shape index (κ3) is 2.53. The molecule has 2 atom stereocenters. The monoisotopic (exact) mass is 250 g/mol. The second kappa shape index (κ2) is 5.48. The molecule has 1 fully saturated rings. The van der Waals surface area contributed by atoms with Crippen molar-refractivity contribution in [1.82, 2.24) is 10.2 Å². The van der Waals surface area contributed by atoms with E-state index in [2.05, 4.69) is 5.32 Å². The van der Waals surface area contributed by atoms with Crippen LogP contribution in [0.1, 0.15) is 24.9 Å². The molecule has 0 spiro atoms. The van der Waals surface area contributed by atoms with E-state index in [4.69, 9.17) is 0 Å². The van der Waals surface area contributed by atoms with E-state index >= 15 is 0 Å². The van der Waals surface area contributed by atoms with Crippen LogP contribution in [0.3, 0.4) is 0 Å². The Morgan fingerprint density at radius 3 is 2.83 bits per heavy atom. The van der Waals surface area contributed by atoms with Crippen molar-refractivity contribution in [3.63, 3.8) is 0 Å². The molecule has 1 aromatic rings. The van der Waals surface area contributed by atoms with Gasteiger partial charge in [-0.1, -0.05) is 18.2 Å². The van der Waals surface area contributed by atoms with E-state index in [1.165, 1.54) is 6.07 Å². The van der Waals surface area contributed by atoms with Crippen molar-refractivity contribution in [1.29, 1.82) is 0 Å². The first-order valence-electron chi connectivity index (χ1n) is 6.33. The van der Waals surface area contributed by atoms with Gasteiger partial charge in [0.25, 0.3) is 0 Å². The van der Waals surface area contributed by atoms with E-state index in [0.29, 0.717) is 5.56 Å². The predicted octanol–water partition coefficient (Wildman–Crippen LogP) is 1.95. The lowest BCUT2D eigenvalue weighted by molar-refractivity contribution is -0.135. The quantitative estimate of drug-likeness (QED) is 0.889. The van der Waals surface area contributed by atoms with Gasteiger partial charge >= 0.3 is 0 Å². The zero-order chi connectivity index (χ0) is 13.1. The first-order chi connectivity index (χ1) is 8.61. The predicted molar refractivity (Wildman–Crippen MR) is 68.6 cm³/mol. The van der Waals surface area contributed by atoms with Gasteiger partial charge in [0.1, 0.15) is 5.82 Å². The maximum Gasteiger partial charge on any atom is 0.227 e. The second-order valence-corrected chi connectivity index (χ2v) is 4.84. The Kier molecular flexibility index (Phi) is 3.97. The lowest BCUT2D eigenvalue weighted by Crippen LogP contribution is -2.36. The van der Waals surface area contributed by atoms with Gasteiger partial charge in [-0.2, -0.15) is 0 Å². The first kappa shape index (κ1) is 13.0. The van der Waals surface area contributed by atoms with Crippen LogP contribution in [0.25, 0.3) is 0 Å². The number of amides is 1. The van der Waals surface area contributed by atoms with Gasteiger partial charge in [0.05, 0.1) is 12.0 Å². The summed E-state index contributed by atoms with van der Waals surface area (Å²) in [7, 11) is 1.75. The summed E-state index contributed by atoms with van der Waals surface area (Å²) in [4.78, 5) is 13.9. The maximum atomic E-state index is 13.7. The van der Waals surface area contributed by atoms with E-state index in [-0.39, 0.29) is 23.7 Å². The SMILES string of the molecule is C[C@@H](c1ccccc1F)N(C)C(=O)[C@@H]1CCNC1. The van der Waals surface area contributed by atoms with Crippen molar-refractivity contribution in [2.45, 2.75) is 19.4 Å². The average molecular weight is 250 g/mol. The molecule has 1 aliphatic rings. The van der Waals surface area contributed by atoms with Gasteiger partial charge in [0.2, 0.25) is 5.91 Å². The zero-order valence-corrected chi connectivity index (χ0v) is 10.8. The molecule has 3 nitrogen and oxygen atoms in total. The highest BCUT2D eigenvalue weighted by molar-refractivity contribution is 5.79. The molecule has 98 valence electrons. The minimum Gasteiger partial charge on any atom is -0.339 e. The van der Waals surface area contributed by atoms with Crippen molar-refractivity contribution < 1.29 is 9.18 Å². The number of rotatable bonds is 3. The number of nitrogens with one attached hydrogen (secondary N) is 1. The van der Waals surface area contributed by atoms with Gasteiger partial charge in [0.15, 0.2) is 0 Å². The van der Waals surface area contributed by atoms with Gasteiger partial charge in [-0.05, 0) is 26.0 Å². The van der Waals surface area contributed by atoms with Crippen LogP contribution in [0, 0.1) is 11.7 Å². The Morgan fingerprint density at radius 2 is 2.22 bits per heavy atom. The molecule has 0 saturated carbocycles. The standard InChI is InChI=1S/C14H19FN2O/c1-10(12-5-3-4-6-13(12)15)17(2)14(18)11-7-8-16-9-11/h3-6,10-11,16H,7-9H2,1-2H3/t10-,11+/m0/s1. The van der Waals surface area contributed by atoms with Crippen molar-refractivity contribution in [3.8, 4) is 0 Å². The van der Waals surface area contributed by atoms with E-state index in [1.807, 2.05) is 6.92 Å². The van der Waals surface area contributed by atoms with Crippen molar-refractivity contribution in [2.24, 2.45) is 5.92 Å². The van der Waals surface area contributed by atoms with Gasteiger partial charge in [-0.3, -0.25) is 4.79 Å². The van der Waals surface area contributed by atoms with Crippen LogP contribution in [0.4, 0.5) is 4.39 Å². The number of carbonyl (C=O) groups is 1. The fourth-order valence-electron chi connectivity index (χ4n) is 2.37. The molecule has 1 saturated heterocycles. The van der Waals surface area contributed by atoms with Crippen LogP contribution in [0.15, 0.2) is 24.3 Å². The van der Waals surface area contributed by atoms with Crippen LogP contribution in [-0.2, 0) is 4.79 Å². The number of carbonyl (C=O) groups excluding carboxylic acids is 1. The smallest absolute Gasteiger partial charge is 0.227 e. The fraction of sp³-hybridized carbons (Fsp3) is 0.500. The van der Waals surface area contributed by atoms with E-state index < -0.39 is 0 Å². The van der Waals surface area contributed by atoms with Crippen LogP contribution in [0.5, 0.6) is 0 Å². The van der Waals surface area contributed by atoms with Crippen molar-refractivity contribution in [3.05, 3.63) is 35.6 Å². The number of hydrogen-bond donors (Lipinski definition) is 1. The molecule has 1 heterocycles. The highest BCUT2D eigenvalue weighted by Gasteiger charge is 2.28. The Bertz CT molecular complexity index is 430. The van der Waals surface area contributed by atoms with E-state index in [0.717, 1.165) is 19.5 Å². The molecule has 0 radical (unpaired) electrons. The van der Waals surface area contributed by atoms with Crippen molar-refractivity contribution in [2.75, 3.05) is 20.1 Å². The number of halogens is 1. The number of benzene rings is 1. The molecule has 2 rings (SSSR count). The normalized spacial score (nSPS) is 20.7. The Morgan fingerprint density at radius 1 is 1.50 bits per heavy atom. The zero-order valence-electron chi connectivity index (χ0n) is 10.8. The largest absolute Gasteiger partial charge is 0.339 e. The number of hydrogen-bond acceptors (Lipinski definition) is 2. The Hall–Kier alpha value is -1.42. The van der Waals surface area contributed by atoms with Gasteiger partial charge in [-0.15, -0.1) is 0 Å². The summed E-state index contributed by atoms with van der Waals surface area (Å²) >= 11 is 0. The molecule has 0 aliphatic carbocycles. The summed E-state index contributed by atoms with van der Waals surface area (Å²) < 4.78 is 13.7. The van der Waals surface area contributed by atoms with E-state index in [9.17, 15) is 9.18 Å². The van der Waals surface area contributed by atoms with Crippen LogP contribution in [0.2, 0.25) is 0 Å². The topological polar surface area (TPSA) is 32.3 Å². The van der Waals surface area contributed by atoms with Crippen molar-refractivity contribution >= 4 is 5.91 Å². The molecular formula is C14H19FN2O. The minimum atomic E-state index is -0.255. The number of nitrogens with zero attached hydrogens (tertiary/aromatic N) is 1. The molecule has 1 aliphatic heterocycles. The summed E-state index contributed by atoms with van der Waals surface area (Å²) in [5.74, 6) is -0.130. The van der Waals surface area contributed by atoms with Gasteiger partial charge in [-0.25, -0.2) is 4.39 Å². The molecule has 4 heteroatoms. The molecule has 1 amide bonds. The van der Waals surface area contributed by atoms with Crippen LogP contribution < -0.4 is 5.32 Å². The molecule has 0 bridgehead atoms. The minimum absolute atomic E-state index is 0.0317. The highest BCUT2D eigenvalue weighted by atomic mass is 19.1. The van der Waals surface area contributed by atoms with E-state index in [1.54, 1.807) is 30.1 Å². The lowest BCUT2D eigenvalue weighted by atomic mass is 10.0. The summed E-state index contributed by atoms with van der Waals surface area (Å²) in [5.41, 5.74) is 0.569. The van der Waals surface area contributed by atoms with Gasteiger partial charge < -0.3 is 10.2 Å². The summed E-state index contributed by atoms with van der Waals surface area (Å²) in [6, 6.07) is 6.38. The van der Waals surface area contributed by atoms with Crippen LogP contribution in [-0.4, -0.2) is 30.9 Å².